The van der Waals surface area contributed by atoms with E-state index in [-0.39, 0.29) is 0 Å². The molecule has 4 unspecified atom stereocenters. The fraction of sp³-hybridized carbons (Fsp3) is 0.778. The number of hydrogen-bond acceptors (Lipinski definition) is 2. The second-order valence-corrected chi connectivity index (χ2v) is 4.33. The highest BCUT2D eigenvalue weighted by atomic mass is 16.3. The van der Waals surface area contributed by atoms with Crippen molar-refractivity contribution in [2.75, 3.05) is 0 Å². The zero-order valence-electron chi connectivity index (χ0n) is 6.40. The van der Waals surface area contributed by atoms with Crippen LogP contribution < -0.4 is 5.73 Å². The van der Waals surface area contributed by atoms with E-state index < -0.39 is 5.72 Å². The predicted octanol–water partition coefficient (Wildman–Crippen LogP) is 0.476. The van der Waals surface area contributed by atoms with Crippen molar-refractivity contribution in [1.82, 2.24) is 0 Å². The van der Waals surface area contributed by atoms with Crippen LogP contribution in [0.4, 0.5) is 0 Å². The molecular weight excluding hydrogens is 138 g/mol. The lowest BCUT2D eigenvalue weighted by Gasteiger charge is -2.50. The molecule has 2 heteroatoms. The van der Waals surface area contributed by atoms with Gasteiger partial charge >= 0.3 is 0 Å². The van der Waals surface area contributed by atoms with Crippen molar-refractivity contribution in [3.05, 3.63) is 12.2 Å². The van der Waals surface area contributed by atoms with Gasteiger partial charge in [0.15, 0.2) is 0 Å². The smallest absolute Gasteiger partial charge is 0.117 e. The molecule has 0 aromatic heterocycles. The van der Waals surface area contributed by atoms with Gasteiger partial charge in [-0.2, -0.15) is 0 Å². The van der Waals surface area contributed by atoms with Crippen LogP contribution in [0.15, 0.2) is 12.2 Å². The van der Waals surface area contributed by atoms with Gasteiger partial charge in [-0.15, -0.1) is 0 Å². The second-order valence-electron chi connectivity index (χ2n) is 4.33. The Morgan fingerprint density at radius 3 is 2.64 bits per heavy atom. The lowest BCUT2D eigenvalue weighted by Crippen LogP contribution is -2.61. The minimum atomic E-state index is -0.825. The molecular formula is C9H13NO. The standard InChI is InChI=1S/C9H13NO/c10-9(11)4-7-5-1-2-6(3-5)8(7)9/h1-2,5-8,11H,3-4,10H2/t5-,6?,7?,8?,9?/m0/s1. The molecule has 2 saturated carbocycles. The summed E-state index contributed by atoms with van der Waals surface area (Å²) in [5, 5.41) is 9.65. The van der Waals surface area contributed by atoms with Crippen LogP contribution in [-0.2, 0) is 0 Å². The van der Waals surface area contributed by atoms with Crippen molar-refractivity contribution in [3.63, 3.8) is 0 Å². The van der Waals surface area contributed by atoms with E-state index in [1.807, 2.05) is 0 Å². The SMILES string of the molecule is NC1(O)CC2C1C1C=C[C@H]2C1. The quantitative estimate of drug-likeness (QED) is 0.390. The van der Waals surface area contributed by atoms with E-state index >= 15 is 0 Å². The Hall–Kier alpha value is -0.340. The van der Waals surface area contributed by atoms with E-state index in [4.69, 9.17) is 5.73 Å². The first-order valence-electron chi connectivity index (χ1n) is 4.38. The number of allylic oxidation sites excluding steroid dienone is 2. The van der Waals surface area contributed by atoms with E-state index in [0.29, 0.717) is 17.8 Å². The molecule has 3 aliphatic carbocycles. The number of fused-ring (bicyclic) bond motifs is 5. The molecule has 0 spiro atoms. The maximum Gasteiger partial charge on any atom is 0.117 e. The Labute approximate surface area is 66.1 Å². The maximum atomic E-state index is 9.65. The van der Waals surface area contributed by atoms with Gasteiger partial charge < -0.3 is 10.8 Å². The van der Waals surface area contributed by atoms with Gasteiger partial charge in [0.25, 0.3) is 0 Å². The van der Waals surface area contributed by atoms with Gasteiger partial charge in [-0.3, -0.25) is 0 Å². The summed E-state index contributed by atoms with van der Waals surface area (Å²) in [5.74, 6) is 2.43. The molecule has 2 bridgehead atoms. The monoisotopic (exact) mass is 151 g/mol. The summed E-state index contributed by atoms with van der Waals surface area (Å²) >= 11 is 0. The highest BCUT2D eigenvalue weighted by Gasteiger charge is 2.61. The Bertz CT molecular complexity index is 234. The average molecular weight is 151 g/mol. The molecule has 0 heterocycles. The van der Waals surface area contributed by atoms with Gasteiger partial charge in [0.2, 0.25) is 0 Å². The van der Waals surface area contributed by atoms with Crippen LogP contribution in [0.1, 0.15) is 12.8 Å². The molecule has 11 heavy (non-hydrogen) atoms. The maximum absolute atomic E-state index is 9.65. The lowest BCUT2D eigenvalue weighted by molar-refractivity contribution is -0.138. The number of rotatable bonds is 0. The molecule has 0 saturated heterocycles. The van der Waals surface area contributed by atoms with Gasteiger partial charge in [-0.05, 0) is 30.6 Å². The summed E-state index contributed by atoms with van der Waals surface area (Å²) in [4.78, 5) is 0. The van der Waals surface area contributed by atoms with Crippen molar-refractivity contribution in [2.45, 2.75) is 18.6 Å². The van der Waals surface area contributed by atoms with Crippen molar-refractivity contribution in [1.29, 1.82) is 0 Å². The number of hydrogen-bond donors (Lipinski definition) is 2. The Balaban J connectivity index is 1.97. The molecule has 3 aliphatic rings. The normalized spacial score (nSPS) is 64.5. The number of nitrogens with two attached hydrogens (primary N) is 1. The van der Waals surface area contributed by atoms with Gasteiger partial charge in [0.1, 0.15) is 5.72 Å². The van der Waals surface area contributed by atoms with E-state index in [2.05, 4.69) is 12.2 Å². The first-order valence-corrected chi connectivity index (χ1v) is 4.38. The minimum Gasteiger partial charge on any atom is -0.376 e. The van der Waals surface area contributed by atoms with Crippen LogP contribution in [0, 0.1) is 23.7 Å². The third-order valence-electron chi connectivity index (χ3n) is 3.76. The van der Waals surface area contributed by atoms with Crippen LogP contribution in [0.2, 0.25) is 0 Å². The first-order chi connectivity index (χ1) is 5.18. The molecule has 60 valence electrons. The van der Waals surface area contributed by atoms with Gasteiger partial charge in [0, 0.05) is 5.92 Å². The second kappa shape index (κ2) is 1.54. The summed E-state index contributed by atoms with van der Waals surface area (Å²) in [6.45, 7) is 0. The first kappa shape index (κ1) is 6.21. The molecule has 2 fully saturated rings. The van der Waals surface area contributed by atoms with Crippen LogP contribution >= 0.6 is 0 Å². The molecule has 2 nitrogen and oxygen atoms in total. The van der Waals surface area contributed by atoms with Gasteiger partial charge in [-0.25, -0.2) is 0 Å². The lowest BCUT2D eigenvalue weighted by atomic mass is 9.62. The molecule has 0 aromatic carbocycles. The van der Waals surface area contributed by atoms with Crippen LogP contribution in [0.5, 0.6) is 0 Å². The third-order valence-corrected chi connectivity index (χ3v) is 3.76. The molecule has 0 aliphatic heterocycles. The van der Waals surface area contributed by atoms with Gasteiger partial charge in [-0.1, -0.05) is 12.2 Å². The van der Waals surface area contributed by atoms with E-state index in [1.54, 1.807) is 0 Å². The summed E-state index contributed by atoms with van der Waals surface area (Å²) in [6.07, 6.45) is 6.61. The summed E-state index contributed by atoms with van der Waals surface area (Å²) < 4.78 is 0. The molecule has 0 aromatic rings. The minimum absolute atomic E-state index is 0.387. The Morgan fingerprint density at radius 2 is 2.09 bits per heavy atom. The van der Waals surface area contributed by atoms with Crippen molar-refractivity contribution in [2.24, 2.45) is 29.4 Å². The summed E-state index contributed by atoms with van der Waals surface area (Å²) in [7, 11) is 0. The Morgan fingerprint density at radius 1 is 1.36 bits per heavy atom. The summed E-state index contributed by atoms with van der Waals surface area (Å²) in [6, 6.07) is 0. The fourth-order valence-corrected chi connectivity index (χ4v) is 3.30. The molecule has 0 radical (unpaired) electrons. The molecule has 0 amide bonds. The van der Waals surface area contributed by atoms with E-state index in [1.165, 1.54) is 6.42 Å². The van der Waals surface area contributed by atoms with Crippen LogP contribution in [0.3, 0.4) is 0 Å². The summed E-state index contributed by atoms with van der Waals surface area (Å²) in [5.41, 5.74) is 4.89. The zero-order chi connectivity index (χ0) is 7.64. The highest BCUT2D eigenvalue weighted by molar-refractivity contribution is 5.21. The largest absolute Gasteiger partial charge is 0.376 e. The van der Waals surface area contributed by atoms with Crippen LogP contribution in [-0.4, -0.2) is 10.8 Å². The van der Waals surface area contributed by atoms with Crippen molar-refractivity contribution in [3.8, 4) is 0 Å². The van der Waals surface area contributed by atoms with Crippen molar-refractivity contribution < 1.29 is 5.11 Å². The highest BCUT2D eigenvalue weighted by Crippen LogP contribution is 2.60. The number of aliphatic hydroxyl groups is 1. The Kier molecular flexibility index (Phi) is 0.871. The molecule has 5 atom stereocenters. The van der Waals surface area contributed by atoms with E-state index in [9.17, 15) is 5.11 Å². The third kappa shape index (κ3) is 0.565. The van der Waals surface area contributed by atoms with Gasteiger partial charge in [0.05, 0.1) is 0 Å². The van der Waals surface area contributed by atoms with Crippen LogP contribution in [0.25, 0.3) is 0 Å². The molecule has 3 N–H and O–H groups in total. The van der Waals surface area contributed by atoms with Crippen molar-refractivity contribution >= 4 is 0 Å². The average Bonchev–Trinajstić information content (AvgIpc) is 2.41. The zero-order valence-corrected chi connectivity index (χ0v) is 6.40. The predicted molar refractivity (Wildman–Crippen MR) is 41.5 cm³/mol. The molecule has 3 rings (SSSR count). The topological polar surface area (TPSA) is 46.2 Å². The van der Waals surface area contributed by atoms with E-state index in [0.717, 1.165) is 12.3 Å². The fourth-order valence-electron chi connectivity index (χ4n) is 3.30.